The third kappa shape index (κ3) is 4.50. The molecule has 1 radical (unpaired) electrons. The highest BCUT2D eigenvalue weighted by Gasteiger charge is 2.21. The minimum Gasteiger partial charge on any atom is -0.416 e. The standard InChI is InChI=1S/C14H23OSi/c1-12(2)16(13(3)4)15-11-10-14-8-6-5-7-9-14/h5-9,12-13H,10-11H2,1-4H3. The molecule has 1 aromatic rings. The molecule has 2 heteroatoms. The molecule has 0 saturated heterocycles. The molecular formula is C14H23OSi. The first-order valence-corrected chi connectivity index (χ1v) is 7.71. The third-order valence-corrected chi connectivity index (χ3v) is 5.45. The Morgan fingerprint density at radius 2 is 1.56 bits per heavy atom. The molecule has 1 nitrogen and oxygen atoms in total. The molecule has 0 aliphatic heterocycles. The van der Waals surface area contributed by atoms with Gasteiger partial charge in [-0.05, 0) is 23.1 Å². The highest BCUT2D eigenvalue weighted by molar-refractivity contribution is 6.54. The van der Waals surface area contributed by atoms with Crippen LogP contribution in [-0.2, 0) is 10.8 Å². The first kappa shape index (κ1) is 13.5. The van der Waals surface area contributed by atoms with Crippen LogP contribution in [0.2, 0.25) is 11.1 Å². The Bertz CT molecular complexity index is 274. The molecule has 16 heavy (non-hydrogen) atoms. The van der Waals surface area contributed by atoms with Crippen LogP contribution in [0.3, 0.4) is 0 Å². The average molecular weight is 235 g/mol. The molecule has 1 aromatic carbocycles. The molecule has 0 aliphatic carbocycles. The highest BCUT2D eigenvalue weighted by atomic mass is 28.3. The van der Waals surface area contributed by atoms with E-state index in [-0.39, 0.29) is 0 Å². The summed E-state index contributed by atoms with van der Waals surface area (Å²) in [5, 5.41) is 0. The van der Waals surface area contributed by atoms with Crippen molar-refractivity contribution in [3.05, 3.63) is 35.9 Å². The summed E-state index contributed by atoms with van der Waals surface area (Å²) in [6, 6.07) is 10.6. The Morgan fingerprint density at radius 3 is 2.06 bits per heavy atom. The van der Waals surface area contributed by atoms with Crippen molar-refractivity contribution in [3.63, 3.8) is 0 Å². The zero-order chi connectivity index (χ0) is 12.0. The summed E-state index contributed by atoms with van der Waals surface area (Å²) >= 11 is 0. The third-order valence-electron chi connectivity index (χ3n) is 2.64. The summed E-state index contributed by atoms with van der Waals surface area (Å²) in [6.07, 6.45) is 1.04. The lowest BCUT2D eigenvalue weighted by atomic mass is 10.2. The molecule has 0 aliphatic rings. The zero-order valence-electron chi connectivity index (χ0n) is 10.9. The molecule has 0 N–H and O–H groups in total. The van der Waals surface area contributed by atoms with Crippen LogP contribution in [0.1, 0.15) is 33.3 Å². The fourth-order valence-electron chi connectivity index (χ4n) is 1.93. The van der Waals surface area contributed by atoms with Crippen molar-refractivity contribution in [1.29, 1.82) is 0 Å². The van der Waals surface area contributed by atoms with E-state index < -0.39 is 9.04 Å². The van der Waals surface area contributed by atoms with E-state index in [2.05, 4.69) is 58.0 Å². The van der Waals surface area contributed by atoms with Crippen molar-refractivity contribution < 1.29 is 4.43 Å². The van der Waals surface area contributed by atoms with Gasteiger partial charge in [-0.2, -0.15) is 0 Å². The summed E-state index contributed by atoms with van der Waals surface area (Å²) in [7, 11) is -0.648. The van der Waals surface area contributed by atoms with E-state index >= 15 is 0 Å². The first-order chi connectivity index (χ1) is 7.61. The lowest BCUT2D eigenvalue weighted by Crippen LogP contribution is -2.26. The average Bonchev–Trinajstić information content (AvgIpc) is 2.24. The van der Waals surface area contributed by atoms with Crippen LogP contribution < -0.4 is 0 Å². The SMILES string of the molecule is CC(C)[Si](OCCc1ccccc1)C(C)C. The second kappa shape index (κ2) is 6.87. The zero-order valence-corrected chi connectivity index (χ0v) is 11.9. The van der Waals surface area contributed by atoms with Gasteiger partial charge in [-0.3, -0.25) is 0 Å². The quantitative estimate of drug-likeness (QED) is 0.676. The van der Waals surface area contributed by atoms with E-state index in [4.69, 9.17) is 4.43 Å². The molecule has 0 saturated carbocycles. The van der Waals surface area contributed by atoms with Gasteiger partial charge in [0.25, 0.3) is 0 Å². The second-order valence-electron chi connectivity index (χ2n) is 4.80. The van der Waals surface area contributed by atoms with Gasteiger partial charge in [0.1, 0.15) is 0 Å². The van der Waals surface area contributed by atoms with E-state index in [1.165, 1.54) is 5.56 Å². The van der Waals surface area contributed by atoms with Gasteiger partial charge in [0, 0.05) is 6.61 Å². The minimum absolute atomic E-state index is 0.648. The Labute approximate surface area is 102 Å². The Morgan fingerprint density at radius 1 is 1.00 bits per heavy atom. The van der Waals surface area contributed by atoms with Gasteiger partial charge >= 0.3 is 0 Å². The van der Waals surface area contributed by atoms with Crippen LogP contribution in [0.25, 0.3) is 0 Å². The Hall–Kier alpha value is -0.603. The number of hydrogen-bond donors (Lipinski definition) is 0. The topological polar surface area (TPSA) is 9.23 Å². The smallest absolute Gasteiger partial charge is 0.216 e. The van der Waals surface area contributed by atoms with Crippen LogP contribution in [-0.4, -0.2) is 15.6 Å². The van der Waals surface area contributed by atoms with E-state index in [1.54, 1.807) is 0 Å². The summed E-state index contributed by atoms with van der Waals surface area (Å²) in [4.78, 5) is 0. The van der Waals surface area contributed by atoms with Gasteiger partial charge in [0.05, 0.1) is 0 Å². The lowest BCUT2D eigenvalue weighted by Gasteiger charge is -2.22. The number of hydrogen-bond acceptors (Lipinski definition) is 1. The molecule has 89 valence electrons. The van der Waals surface area contributed by atoms with Gasteiger partial charge < -0.3 is 4.43 Å². The predicted molar refractivity (Wildman–Crippen MR) is 72.0 cm³/mol. The molecular weight excluding hydrogens is 212 g/mol. The van der Waals surface area contributed by atoms with Crippen molar-refractivity contribution in [1.82, 2.24) is 0 Å². The van der Waals surface area contributed by atoms with Crippen molar-refractivity contribution in [3.8, 4) is 0 Å². The van der Waals surface area contributed by atoms with Gasteiger partial charge in [0.2, 0.25) is 9.04 Å². The summed E-state index contributed by atoms with van der Waals surface area (Å²) in [5.74, 6) is 0. The maximum Gasteiger partial charge on any atom is 0.216 e. The molecule has 0 bridgehead atoms. The molecule has 0 fully saturated rings. The van der Waals surface area contributed by atoms with E-state index in [0.717, 1.165) is 13.0 Å². The van der Waals surface area contributed by atoms with Crippen molar-refractivity contribution in [2.24, 2.45) is 0 Å². The molecule has 0 amide bonds. The molecule has 1 rings (SSSR count). The highest BCUT2D eigenvalue weighted by Crippen LogP contribution is 2.20. The van der Waals surface area contributed by atoms with Crippen molar-refractivity contribution in [2.75, 3.05) is 6.61 Å². The van der Waals surface area contributed by atoms with E-state index in [9.17, 15) is 0 Å². The van der Waals surface area contributed by atoms with Crippen LogP contribution in [0.5, 0.6) is 0 Å². The predicted octanol–water partition coefficient (Wildman–Crippen LogP) is 4.06. The van der Waals surface area contributed by atoms with Gasteiger partial charge in [-0.1, -0.05) is 58.0 Å². The monoisotopic (exact) mass is 235 g/mol. The number of benzene rings is 1. The molecule has 0 atom stereocenters. The largest absolute Gasteiger partial charge is 0.416 e. The number of rotatable bonds is 6. The summed E-state index contributed by atoms with van der Waals surface area (Å²) in [5.41, 5.74) is 2.76. The fourth-order valence-corrected chi connectivity index (χ4v) is 4.27. The Kier molecular flexibility index (Phi) is 5.78. The van der Waals surface area contributed by atoms with Crippen LogP contribution in [0.15, 0.2) is 30.3 Å². The van der Waals surface area contributed by atoms with E-state index in [1.807, 2.05) is 0 Å². The van der Waals surface area contributed by atoms with Crippen LogP contribution >= 0.6 is 0 Å². The maximum absolute atomic E-state index is 6.07. The van der Waals surface area contributed by atoms with Crippen molar-refractivity contribution in [2.45, 2.75) is 45.2 Å². The summed E-state index contributed by atoms with van der Waals surface area (Å²) in [6.45, 7) is 9.97. The van der Waals surface area contributed by atoms with Gasteiger partial charge in [0.15, 0.2) is 0 Å². The normalized spacial score (nSPS) is 11.7. The molecule has 0 heterocycles. The molecule has 0 spiro atoms. The lowest BCUT2D eigenvalue weighted by molar-refractivity contribution is 0.311. The van der Waals surface area contributed by atoms with E-state index in [0.29, 0.717) is 11.1 Å². The Balaban J connectivity index is 2.34. The van der Waals surface area contributed by atoms with Crippen molar-refractivity contribution >= 4 is 9.04 Å². The van der Waals surface area contributed by atoms with Crippen LogP contribution in [0.4, 0.5) is 0 Å². The second-order valence-corrected chi connectivity index (χ2v) is 8.20. The van der Waals surface area contributed by atoms with Crippen LogP contribution in [0, 0.1) is 0 Å². The van der Waals surface area contributed by atoms with Gasteiger partial charge in [-0.15, -0.1) is 0 Å². The first-order valence-electron chi connectivity index (χ1n) is 6.14. The molecule has 0 unspecified atom stereocenters. The minimum atomic E-state index is -0.648. The summed E-state index contributed by atoms with van der Waals surface area (Å²) < 4.78 is 6.07. The molecule has 0 aromatic heterocycles. The van der Waals surface area contributed by atoms with Gasteiger partial charge in [-0.25, -0.2) is 0 Å². The maximum atomic E-state index is 6.07. The fraction of sp³-hybridized carbons (Fsp3) is 0.571.